The van der Waals surface area contributed by atoms with E-state index in [2.05, 4.69) is 9.97 Å². The van der Waals surface area contributed by atoms with Gasteiger partial charge in [-0.1, -0.05) is 43.0 Å². The molecule has 3 rings (SSSR count). The standard InChI is InChI=1S/C18H22Cl2N2O4/c1-2-5-11(16(24)17-21-13(19)10-14(20)22-17)15(23)12-6-3-4-7-18(12)25-8-9-26-18/h10-12H,2-9H2,1H3/t11?,12-/m1/s1. The molecule has 1 unspecified atom stereocenters. The van der Waals surface area contributed by atoms with Gasteiger partial charge in [0.15, 0.2) is 17.4 Å². The Balaban J connectivity index is 1.88. The first kappa shape index (κ1) is 19.7. The average Bonchev–Trinajstić information content (AvgIpc) is 3.07. The van der Waals surface area contributed by atoms with Crippen LogP contribution < -0.4 is 0 Å². The number of hydrogen-bond acceptors (Lipinski definition) is 6. The molecule has 1 saturated heterocycles. The molecule has 1 spiro atoms. The summed E-state index contributed by atoms with van der Waals surface area (Å²) in [7, 11) is 0. The Morgan fingerprint density at radius 2 is 1.88 bits per heavy atom. The minimum absolute atomic E-state index is 0.0765. The smallest absolute Gasteiger partial charge is 0.210 e. The van der Waals surface area contributed by atoms with Gasteiger partial charge in [-0.25, -0.2) is 9.97 Å². The molecule has 0 bridgehead atoms. The number of Topliss-reactive ketones (excluding diaryl/α,β-unsaturated/α-hetero) is 2. The first-order chi connectivity index (χ1) is 12.5. The molecule has 6 nitrogen and oxygen atoms in total. The molecule has 142 valence electrons. The van der Waals surface area contributed by atoms with Crippen LogP contribution in [0.3, 0.4) is 0 Å². The molecule has 0 amide bonds. The predicted molar refractivity (Wildman–Crippen MR) is 96.4 cm³/mol. The fraction of sp³-hybridized carbons (Fsp3) is 0.667. The van der Waals surface area contributed by atoms with E-state index in [4.69, 9.17) is 32.7 Å². The number of carbonyl (C=O) groups is 2. The van der Waals surface area contributed by atoms with Crippen molar-refractivity contribution in [1.29, 1.82) is 0 Å². The van der Waals surface area contributed by atoms with E-state index in [-0.39, 0.29) is 21.9 Å². The zero-order chi connectivity index (χ0) is 18.7. The van der Waals surface area contributed by atoms with Crippen molar-refractivity contribution in [2.45, 2.75) is 51.2 Å². The van der Waals surface area contributed by atoms with E-state index in [1.807, 2.05) is 6.92 Å². The number of carbonyl (C=O) groups excluding carboxylic acids is 2. The van der Waals surface area contributed by atoms with Crippen LogP contribution in [0.25, 0.3) is 0 Å². The zero-order valence-corrected chi connectivity index (χ0v) is 16.2. The summed E-state index contributed by atoms with van der Waals surface area (Å²) >= 11 is 11.8. The molecule has 1 saturated carbocycles. The van der Waals surface area contributed by atoms with Crippen molar-refractivity contribution in [1.82, 2.24) is 9.97 Å². The third-order valence-corrected chi connectivity index (χ3v) is 5.43. The van der Waals surface area contributed by atoms with Crippen LogP contribution in [0.15, 0.2) is 6.07 Å². The van der Waals surface area contributed by atoms with Crippen molar-refractivity contribution in [2.24, 2.45) is 11.8 Å². The van der Waals surface area contributed by atoms with Crippen molar-refractivity contribution in [3.63, 3.8) is 0 Å². The highest BCUT2D eigenvalue weighted by Crippen LogP contribution is 2.42. The molecule has 2 heterocycles. The molecular formula is C18H22Cl2N2O4. The Kier molecular flexibility index (Phi) is 6.28. The van der Waals surface area contributed by atoms with Gasteiger partial charge in [0.1, 0.15) is 10.3 Å². The maximum absolute atomic E-state index is 13.3. The van der Waals surface area contributed by atoms with Gasteiger partial charge < -0.3 is 9.47 Å². The maximum atomic E-state index is 13.3. The predicted octanol–water partition coefficient (Wildman–Crippen LogP) is 3.88. The zero-order valence-electron chi connectivity index (χ0n) is 14.7. The number of hydrogen-bond donors (Lipinski definition) is 0. The highest BCUT2D eigenvalue weighted by Gasteiger charge is 2.51. The minimum atomic E-state index is -0.881. The van der Waals surface area contributed by atoms with Crippen LogP contribution in [0.4, 0.5) is 0 Å². The van der Waals surface area contributed by atoms with Crippen LogP contribution in [0.1, 0.15) is 56.1 Å². The van der Waals surface area contributed by atoms with Crippen molar-refractivity contribution in [2.75, 3.05) is 13.2 Å². The van der Waals surface area contributed by atoms with E-state index in [9.17, 15) is 9.59 Å². The highest BCUT2D eigenvalue weighted by molar-refractivity contribution is 6.33. The molecule has 1 aliphatic carbocycles. The second kappa shape index (κ2) is 8.30. The van der Waals surface area contributed by atoms with Gasteiger partial charge in [-0.15, -0.1) is 0 Å². The van der Waals surface area contributed by atoms with Gasteiger partial charge >= 0.3 is 0 Å². The second-order valence-electron chi connectivity index (χ2n) is 6.75. The maximum Gasteiger partial charge on any atom is 0.210 e. The van der Waals surface area contributed by atoms with Crippen molar-refractivity contribution in [3.8, 4) is 0 Å². The van der Waals surface area contributed by atoms with E-state index in [1.165, 1.54) is 6.07 Å². The fourth-order valence-electron chi connectivity index (χ4n) is 3.88. The Labute approximate surface area is 162 Å². The van der Waals surface area contributed by atoms with Gasteiger partial charge in [0.25, 0.3) is 0 Å². The lowest BCUT2D eigenvalue weighted by Gasteiger charge is -2.39. The summed E-state index contributed by atoms with van der Waals surface area (Å²) in [6, 6.07) is 1.35. The molecule has 26 heavy (non-hydrogen) atoms. The van der Waals surface area contributed by atoms with Crippen LogP contribution >= 0.6 is 23.2 Å². The Bertz CT molecular complexity index is 672. The molecule has 0 aromatic carbocycles. The number of halogens is 2. The van der Waals surface area contributed by atoms with Gasteiger partial charge in [0.05, 0.1) is 25.0 Å². The lowest BCUT2D eigenvalue weighted by molar-refractivity contribution is -0.212. The van der Waals surface area contributed by atoms with E-state index >= 15 is 0 Å². The monoisotopic (exact) mass is 400 g/mol. The van der Waals surface area contributed by atoms with Crippen molar-refractivity contribution < 1.29 is 19.1 Å². The third-order valence-electron chi connectivity index (χ3n) is 5.04. The number of ether oxygens (including phenoxy) is 2. The molecule has 1 aromatic heterocycles. The van der Waals surface area contributed by atoms with Crippen LogP contribution in [-0.4, -0.2) is 40.5 Å². The average molecular weight is 401 g/mol. The fourth-order valence-corrected chi connectivity index (χ4v) is 4.30. The summed E-state index contributed by atoms with van der Waals surface area (Å²) in [5, 5.41) is 0.153. The Morgan fingerprint density at radius 3 is 2.50 bits per heavy atom. The summed E-state index contributed by atoms with van der Waals surface area (Å²) < 4.78 is 11.7. The Hall–Kier alpha value is -1.08. The van der Waals surface area contributed by atoms with Crippen LogP contribution in [0.5, 0.6) is 0 Å². The van der Waals surface area contributed by atoms with Crippen LogP contribution in [0, 0.1) is 11.8 Å². The minimum Gasteiger partial charge on any atom is -0.347 e. The van der Waals surface area contributed by atoms with Gasteiger partial charge in [-0.05, 0) is 19.3 Å². The van der Waals surface area contributed by atoms with Gasteiger partial charge in [-0.2, -0.15) is 0 Å². The molecule has 0 N–H and O–H groups in total. The molecule has 2 aliphatic rings. The molecule has 8 heteroatoms. The first-order valence-corrected chi connectivity index (χ1v) is 9.78. The highest BCUT2D eigenvalue weighted by atomic mass is 35.5. The molecular weight excluding hydrogens is 379 g/mol. The molecule has 2 atom stereocenters. The lowest BCUT2D eigenvalue weighted by atomic mass is 9.75. The molecule has 0 radical (unpaired) electrons. The van der Waals surface area contributed by atoms with E-state index < -0.39 is 23.4 Å². The van der Waals surface area contributed by atoms with Crippen molar-refractivity contribution >= 4 is 34.8 Å². The lowest BCUT2D eigenvalue weighted by Crippen LogP contribution is -2.48. The third kappa shape index (κ3) is 3.93. The van der Waals surface area contributed by atoms with E-state index in [0.717, 1.165) is 12.8 Å². The number of nitrogens with zero attached hydrogens (tertiary/aromatic N) is 2. The van der Waals surface area contributed by atoms with E-state index in [0.29, 0.717) is 38.9 Å². The van der Waals surface area contributed by atoms with Gasteiger partial charge in [0, 0.05) is 12.5 Å². The topological polar surface area (TPSA) is 78.4 Å². The SMILES string of the molecule is CCCC(C(=O)c1nc(Cl)cc(Cl)n1)C(=O)[C@H]1CCCCC12OCCO2. The number of ketones is 2. The largest absolute Gasteiger partial charge is 0.347 e. The quantitative estimate of drug-likeness (QED) is 0.409. The normalized spacial score (nSPS) is 23.1. The Morgan fingerprint density at radius 1 is 1.23 bits per heavy atom. The summed E-state index contributed by atoms with van der Waals surface area (Å²) in [4.78, 5) is 34.2. The van der Waals surface area contributed by atoms with Gasteiger partial charge in [-0.3, -0.25) is 9.59 Å². The summed E-state index contributed by atoms with van der Waals surface area (Å²) in [5.74, 6) is -2.89. The summed E-state index contributed by atoms with van der Waals surface area (Å²) in [6.45, 7) is 2.88. The van der Waals surface area contributed by atoms with E-state index in [1.54, 1.807) is 0 Å². The molecule has 2 fully saturated rings. The number of rotatable bonds is 6. The summed E-state index contributed by atoms with van der Waals surface area (Å²) in [5.41, 5.74) is 0. The van der Waals surface area contributed by atoms with Crippen molar-refractivity contribution in [3.05, 3.63) is 22.2 Å². The second-order valence-corrected chi connectivity index (χ2v) is 7.53. The van der Waals surface area contributed by atoms with Gasteiger partial charge in [0.2, 0.25) is 5.78 Å². The summed E-state index contributed by atoms with van der Waals surface area (Å²) in [6.07, 6.45) is 4.29. The van der Waals surface area contributed by atoms with Crippen LogP contribution in [-0.2, 0) is 14.3 Å². The molecule has 1 aromatic rings. The van der Waals surface area contributed by atoms with Crippen LogP contribution in [0.2, 0.25) is 10.3 Å². The number of aromatic nitrogens is 2. The molecule has 1 aliphatic heterocycles. The first-order valence-electron chi connectivity index (χ1n) is 9.03.